The van der Waals surface area contributed by atoms with Gasteiger partial charge in [0.2, 0.25) is 0 Å². The minimum absolute atomic E-state index is 0.0836. The van der Waals surface area contributed by atoms with Crippen LogP contribution in [0.2, 0.25) is 0 Å². The summed E-state index contributed by atoms with van der Waals surface area (Å²) in [6.07, 6.45) is 2.05. The van der Waals surface area contributed by atoms with Gasteiger partial charge in [0.05, 0.1) is 23.3 Å². The van der Waals surface area contributed by atoms with Crippen LogP contribution in [0.4, 0.5) is 5.69 Å². The number of aryl methyl sites for hydroxylation is 2. The van der Waals surface area contributed by atoms with E-state index < -0.39 is 5.97 Å². The summed E-state index contributed by atoms with van der Waals surface area (Å²) in [7, 11) is 2.00. The maximum absolute atomic E-state index is 11.5. The SMILES string of the molecule is CC[n+]1c(C=C2Sc3oc(C)cc3N2C)n(CC(=O)O)c2cc(I)ccc21. The Bertz CT molecular complexity index is 1100. The second kappa shape index (κ2) is 6.90. The zero-order valence-corrected chi connectivity index (χ0v) is 18.2. The second-order valence-corrected chi connectivity index (χ2v) is 8.63. The Hall–Kier alpha value is -1.94. The normalized spacial score (nSPS) is 15.1. The number of aliphatic carboxylic acids is 1. The van der Waals surface area contributed by atoms with Gasteiger partial charge in [0.1, 0.15) is 5.76 Å². The molecule has 0 aliphatic carbocycles. The van der Waals surface area contributed by atoms with Gasteiger partial charge in [0.15, 0.2) is 22.7 Å². The van der Waals surface area contributed by atoms with Crippen molar-refractivity contribution in [3.8, 4) is 0 Å². The van der Waals surface area contributed by atoms with Crippen LogP contribution in [0, 0.1) is 10.5 Å². The van der Waals surface area contributed by atoms with E-state index in [1.54, 1.807) is 11.8 Å². The fourth-order valence-corrected chi connectivity index (χ4v) is 4.97. The maximum atomic E-state index is 11.5. The second-order valence-electron chi connectivity index (χ2n) is 6.39. The number of carbonyl (C=O) groups is 1. The molecule has 0 radical (unpaired) electrons. The number of thioether (sulfide) groups is 1. The van der Waals surface area contributed by atoms with E-state index >= 15 is 0 Å². The number of imidazole rings is 1. The highest BCUT2D eigenvalue weighted by Crippen LogP contribution is 2.47. The summed E-state index contributed by atoms with van der Waals surface area (Å²) in [5, 5.41) is 11.4. The molecule has 1 aromatic carbocycles. The van der Waals surface area contributed by atoms with Crippen molar-refractivity contribution < 1.29 is 18.9 Å². The number of furan rings is 1. The molecule has 4 rings (SSSR count). The van der Waals surface area contributed by atoms with Crippen LogP contribution in [0.25, 0.3) is 17.1 Å². The van der Waals surface area contributed by atoms with Crippen molar-refractivity contribution in [2.75, 3.05) is 11.9 Å². The van der Waals surface area contributed by atoms with Crippen LogP contribution in [0.5, 0.6) is 0 Å². The molecule has 1 aliphatic rings. The molecule has 0 bridgehead atoms. The van der Waals surface area contributed by atoms with Crippen LogP contribution >= 0.6 is 34.4 Å². The molecule has 0 atom stereocenters. The molecular formula is C19H19IN3O3S+. The van der Waals surface area contributed by atoms with E-state index in [2.05, 4.69) is 51.1 Å². The highest BCUT2D eigenvalue weighted by molar-refractivity contribution is 14.1. The average Bonchev–Trinajstić information content (AvgIpc) is 3.20. The van der Waals surface area contributed by atoms with Crippen molar-refractivity contribution in [1.82, 2.24) is 4.57 Å². The lowest BCUT2D eigenvalue weighted by atomic mass is 10.3. The average molecular weight is 496 g/mol. The fourth-order valence-electron chi connectivity index (χ4n) is 3.43. The fraction of sp³-hybridized carbons (Fsp3) is 0.263. The first-order chi connectivity index (χ1) is 12.9. The van der Waals surface area contributed by atoms with E-state index in [0.717, 1.165) is 48.5 Å². The molecule has 6 nitrogen and oxygen atoms in total. The first kappa shape index (κ1) is 18.4. The molecule has 27 heavy (non-hydrogen) atoms. The van der Waals surface area contributed by atoms with Gasteiger partial charge < -0.3 is 14.4 Å². The van der Waals surface area contributed by atoms with Crippen LogP contribution in [0.3, 0.4) is 0 Å². The summed E-state index contributed by atoms with van der Waals surface area (Å²) in [5.74, 6) is 0.897. The Morgan fingerprint density at radius 3 is 2.85 bits per heavy atom. The van der Waals surface area contributed by atoms with Crippen LogP contribution in [0.1, 0.15) is 18.5 Å². The van der Waals surface area contributed by atoms with Crippen molar-refractivity contribution >= 4 is 63.1 Å². The molecule has 3 aromatic rings. The Kier molecular flexibility index (Phi) is 4.71. The Morgan fingerprint density at radius 2 is 2.19 bits per heavy atom. The molecule has 1 aliphatic heterocycles. The largest absolute Gasteiger partial charge is 0.478 e. The van der Waals surface area contributed by atoms with Crippen LogP contribution in [0.15, 0.2) is 38.8 Å². The first-order valence-corrected chi connectivity index (χ1v) is 10.5. The number of halogens is 1. The number of anilines is 1. The Balaban J connectivity index is 1.90. The maximum Gasteiger partial charge on any atom is 0.346 e. The Morgan fingerprint density at radius 1 is 1.41 bits per heavy atom. The van der Waals surface area contributed by atoms with Crippen molar-refractivity contribution in [3.05, 3.63) is 44.4 Å². The van der Waals surface area contributed by atoms with Gasteiger partial charge in [-0.05, 0) is 60.3 Å². The zero-order chi connectivity index (χ0) is 19.3. The van der Waals surface area contributed by atoms with Gasteiger partial charge in [-0.25, -0.2) is 13.9 Å². The molecule has 1 N–H and O–H groups in total. The topological polar surface area (TPSA) is 62.5 Å². The van der Waals surface area contributed by atoms with Gasteiger partial charge in [-0.15, -0.1) is 0 Å². The van der Waals surface area contributed by atoms with E-state index in [1.165, 1.54) is 0 Å². The quantitative estimate of drug-likeness (QED) is 0.436. The van der Waals surface area contributed by atoms with E-state index in [-0.39, 0.29) is 6.54 Å². The van der Waals surface area contributed by atoms with E-state index in [1.807, 2.05) is 36.7 Å². The van der Waals surface area contributed by atoms with Gasteiger partial charge >= 0.3 is 5.97 Å². The molecule has 0 fully saturated rings. The smallest absolute Gasteiger partial charge is 0.346 e. The summed E-state index contributed by atoms with van der Waals surface area (Å²) in [4.78, 5) is 13.6. The summed E-state index contributed by atoms with van der Waals surface area (Å²) >= 11 is 3.82. The number of benzene rings is 1. The molecule has 0 spiro atoms. The van der Waals surface area contributed by atoms with Crippen molar-refractivity contribution in [2.45, 2.75) is 32.0 Å². The van der Waals surface area contributed by atoms with Crippen molar-refractivity contribution in [1.29, 1.82) is 0 Å². The molecular weight excluding hydrogens is 477 g/mol. The van der Waals surface area contributed by atoms with Gasteiger partial charge in [0, 0.05) is 22.8 Å². The van der Waals surface area contributed by atoms with Crippen molar-refractivity contribution in [3.63, 3.8) is 0 Å². The number of nitrogens with zero attached hydrogens (tertiary/aromatic N) is 3. The minimum atomic E-state index is -0.858. The Labute approximate surface area is 174 Å². The molecule has 3 heterocycles. The number of carboxylic acids is 1. The molecule has 0 unspecified atom stereocenters. The highest BCUT2D eigenvalue weighted by atomic mass is 127. The number of hydrogen-bond donors (Lipinski definition) is 1. The molecule has 140 valence electrons. The van der Waals surface area contributed by atoms with Crippen molar-refractivity contribution in [2.24, 2.45) is 0 Å². The predicted molar refractivity (Wildman–Crippen MR) is 114 cm³/mol. The number of rotatable bonds is 4. The van der Waals surface area contributed by atoms with Crippen LogP contribution in [-0.4, -0.2) is 22.7 Å². The standard InChI is InChI=1S/C19H18IN3O3S/c1-4-22-13-6-5-12(20)8-14(13)23(10-18(24)25)16(22)9-17-21(3)15-7-11(2)26-19(15)27-17/h5-9H,4,10H2,1-3H3/p+1. The number of hydrogen-bond acceptors (Lipinski definition) is 4. The third-order valence-corrected chi connectivity index (χ3v) is 6.38. The lowest BCUT2D eigenvalue weighted by Crippen LogP contribution is -2.35. The lowest BCUT2D eigenvalue weighted by molar-refractivity contribution is -0.670. The lowest BCUT2D eigenvalue weighted by Gasteiger charge is -2.11. The summed E-state index contributed by atoms with van der Waals surface area (Å²) in [6.45, 7) is 4.68. The minimum Gasteiger partial charge on any atom is -0.478 e. The predicted octanol–water partition coefficient (Wildman–Crippen LogP) is 4.08. The van der Waals surface area contributed by atoms with E-state index in [0.29, 0.717) is 0 Å². The molecule has 2 aromatic heterocycles. The number of carboxylic acid groups (broad SMARTS) is 1. The number of aromatic nitrogens is 2. The van der Waals surface area contributed by atoms with Gasteiger partial charge in [0.25, 0.3) is 5.82 Å². The summed E-state index contributed by atoms with van der Waals surface area (Å²) in [5.41, 5.74) is 3.00. The van der Waals surface area contributed by atoms with Gasteiger partial charge in [-0.1, -0.05) is 0 Å². The monoisotopic (exact) mass is 496 g/mol. The summed E-state index contributed by atoms with van der Waals surface area (Å²) < 4.78 is 10.9. The van der Waals surface area contributed by atoms with E-state index in [4.69, 9.17) is 4.42 Å². The summed E-state index contributed by atoms with van der Waals surface area (Å²) in [6, 6.07) is 8.16. The third-order valence-electron chi connectivity index (χ3n) is 4.63. The van der Waals surface area contributed by atoms with Gasteiger partial charge in [-0.3, -0.25) is 0 Å². The molecule has 0 saturated heterocycles. The van der Waals surface area contributed by atoms with Gasteiger partial charge in [-0.2, -0.15) is 0 Å². The first-order valence-electron chi connectivity index (χ1n) is 8.56. The van der Waals surface area contributed by atoms with Crippen LogP contribution in [-0.2, 0) is 17.9 Å². The van der Waals surface area contributed by atoms with Crippen LogP contribution < -0.4 is 9.47 Å². The zero-order valence-electron chi connectivity index (χ0n) is 15.2. The third kappa shape index (κ3) is 3.14. The molecule has 8 heteroatoms. The molecule has 0 saturated carbocycles. The number of fused-ring (bicyclic) bond motifs is 2. The highest BCUT2D eigenvalue weighted by Gasteiger charge is 2.30. The van der Waals surface area contributed by atoms with E-state index in [9.17, 15) is 9.90 Å². The molecule has 0 amide bonds.